The van der Waals surface area contributed by atoms with Crippen molar-refractivity contribution in [3.8, 4) is 5.75 Å². The first-order chi connectivity index (χ1) is 12.0. The molecule has 0 saturated heterocycles. The molecule has 2 aromatic rings. The van der Waals surface area contributed by atoms with E-state index in [1.54, 1.807) is 26.0 Å². The molecule has 0 aliphatic heterocycles. The highest BCUT2D eigenvalue weighted by Crippen LogP contribution is 2.22. The molecule has 7 heteroatoms. The van der Waals surface area contributed by atoms with E-state index in [1.165, 1.54) is 11.8 Å². The SMILES string of the molecule is CC(Oc1cccc(Br)c1)C(=O)NNC(=O)C(C)Sc1ccccc1. The number of nitrogens with one attached hydrogen (secondary N) is 2. The third-order valence-electron chi connectivity index (χ3n) is 3.21. The minimum atomic E-state index is -0.744. The van der Waals surface area contributed by atoms with Gasteiger partial charge in [0, 0.05) is 9.37 Å². The molecule has 5 nitrogen and oxygen atoms in total. The number of hydrogen-bond donors (Lipinski definition) is 2. The summed E-state index contributed by atoms with van der Waals surface area (Å²) in [6.45, 7) is 3.39. The van der Waals surface area contributed by atoms with Gasteiger partial charge in [0.2, 0.25) is 0 Å². The van der Waals surface area contributed by atoms with Gasteiger partial charge in [-0.3, -0.25) is 20.4 Å². The summed E-state index contributed by atoms with van der Waals surface area (Å²) in [6, 6.07) is 16.8. The molecule has 2 aromatic carbocycles. The van der Waals surface area contributed by atoms with Gasteiger partial charge in [0.25, 0.3) is 11.8 Å². The van der Waals surface area contributed by atoms with Crippen molar-refractivity contribution in [3.05, 3.63) is 59.1 Å². The second-order valence-electron chi connectivity index (χ2n) is 5.27. The van der Waals surface area contributed by atoms with E-state index < -0.39 is 12.0 Å². The Morgan fingerprint density at radius 3 is 2.36 bits per heavy atom. The van der Waals surface area contributed by atoms with E-state index in [1.807, 2.05) is 42.5 Å². The van der Waals surface area contributed by atoms with E-state index in [-0.39, 0.29) is 11.2 Å². The number of carbonyl (C=O) groups excluding carboxylic acids is 2. The maximum Gasteiger partial charge on any atom is 0.279 e. The first-order valence-corrected chi connectivity index (χ1v) is 9.36. The van der Waals surface area contributed by atoms with Gasteiger partial charge in [-0.25, -0.2) is 0 Å². The number of rotatable bonds is 6. The van der Waals surface area contributed by atoms with E-state index >= 15 is 0 Å². The molecule has 2 unspecified atom stereocenters. The van der Waals surface area contributed by atoms with Gasteiger partial charge in [-0.15, -0.1) is 11.8 Å². The number of benzene rings is 2. The Labute approximate surface area is 159 Å². The van der Waals surface area contributed by atoms with E-state index in [2.05, 4.69) is 26.8 Å². The predicted octanol–water partition coefficient (Wildman–Crippen LogP) is 3.54. The Morgan fingerprint density at radius 1 is 1.00 bits per heavy atom. The zero-order valence-electron chi connectivity index (χ0n) is 13.9. The minimum Gasteiger partial charge on any atom is -0.481 e. The van der Waals surface area contributed by atoms with Gasteiger partial charge in [-0.1, -0.05) is 40.2 Å². The lowest BCUT2D eigenvalue weighted by molar-refractivity contribution is -0.132. The summed E-state index contributed by atoms with van der Waals surface area (Å²) in [5.41, 5.74) is 4.83. The third kappa shape index (κ3) is 6.43. The fourth-order valence-corrected chi connectivity index (χ4v) is 3.15. The fourth-order valence-electron chi connectivity index (χ4n) is 1.88. The number of thioether (sulfide) groups is 1. The molecule has 2 amide bonds. The van der Waals surface area contributed by atoms with Crippen molar-refractivity contribution >= 4 is 39.5 Å². The molecule has 25 heavy (non-hydrogen) atoms. The summed E-state index contributed by atoms with van der Waals surface area (Å²) in [6.07, 6.45) is -0.744. The van der Waals surface area contributed by atoms with Crippen molar-refractivity contribution in [1.82, 2.24) is 10.9 Å². The highest BCUT2D eigenvalue weighted by molar-refractivity contribution is 9.10. The second-order valence-corrected chi connectivity index (χ2v) is 7.60. The number of amides is 2. The van der Waals surface area contributed by atoms with E-state index in [4.69, 9.17) is 4.74 Å². The zero-order chi connectivity index (χ0) is 18.2. The first kappa shape index (κ1) is 19.3. The number of halogens is 1. The van der Waals surface area contributed by atoms with E-state index in [0.717, 1.165) is 9.37 Å². The summed E-state index contributed by atoms with van der Waals surface area (Å²) in [7, 11) is 0. The van der Waals surface area contributed by atoms with Gasteiger partial charge in [0.1, 0.15) is 5.75 Å². The van der Waals surface area contributed by atoms with Crippen molar-refractivity contribution in [2.75, 3.05) is 0 Å². The minimum absolute atomic E-state index is 0.281. The predicted molar refractivity (Wildman–Crippen MR) is 102 cm³/mol. The van der Waals surface area contributed by atoms with Gasteiger partial charge < -0.3 is 4.74 Å². The molecule has 0 aliphatic carbocycles. The summed E-state index contributed by atoms with van der Waals surface area (Å²) in [5, 5.41) is -0.344. The van der Waals surface area contributed by atoms with Crippen LogP contribution in [0.4, 0.5) is 0 Å². The standard InChI is InChI=1S/C18H19BrN2O3S/c1-12(24-15-8-6-7-14(19)11-15)17(22)20-21-18(23)13(2)25-16-9-4-3-5-10-16/h3-13H,1-2H3,(H,20,22)(H,21,23). The molecule has 0 heterocycles. The third-order valence-corrected chi connectivity index (χ3v) is 4.82. The number of ether oxygens (including phenoxy) is 1. The maximum absolute atomic E-state index is 12.1. The van der Waals surface area contributed by atoms with Crippen molar-refractivity contribution < 1.29 is 14.3 Å². The molecule has 0 aliphatic rings. The van der Waals surface area contributed by atoms with Crippen LogP contribution in [0.3, 0.4) is 0 Å². The molecule has 0 radical (unpaired) electrons. The van der Waals surface area contributed by atoms with Gasteiger partial charge in [-0.2, -0.15) is 0 Å². The largest absolute Gasteiger partial charge is 0.481 e. The normalized spacial score (nSPS) is 12.8. The molecule has 132 valence electrons. The summed E-state index contributed by atoms with van der Waals surface area (Å²) in [5.74, 6) is -0.140. The van der Waals surface area contributed by atoms with Crippen LogP contribution in [0.1, 0.15) is 13.8 Å². The molecule has 2 N–H and O–H groups in total. The molecule has 0 bridgehead atoms. The molecule has 2 atom stereocenters. The van der Waals surface area contributed by atoms with Gasteiger partial charge in [0.05, 0.1) is 5.25 Å². The van der Waals surface area contributed by atoms with Crippen LogP contribution in [0, 0.1) is 0 Å². The summed E-state index contributed by atoms with van der Waals surface area (Å²) < 4.78 is 6.41. The van der Waals surface area contributed by atoms with Crippen LogP contribution in [0.15, 0.2) is 64.0 Å². The Bertz CT molecular complexity index is 727. The maximum atomic E-state index is 12.1. The van der Waals surface area contributed by atoms with Crippen LogP contribution in [0.2, 0.25) is 0 Å². The quantitative estimate of drug-likeness (QED) is 0.551. The van der Waals surface area contributed by atoms with Crippen LogP contribution in [-0.2, 0) is 9.59 Å². The number of hydrogen-bond acceptors (Lipinski definition) is 4. The Morgan fingerprint density at radius 2 is 1.68 bits per heavy atom. The van der Waals surface area contributed by atoms with E-state index in [0.29, 0.717) is 5.75 Å². The summed E-state index contributed by atoms with van der Waals surface area (Å²) >= 11 is 4.76. The van der Waals surface area contributed by atoms with Gasteiger partial charge >= 0.3 is 0 Å². The van der Waals surface area contributed by atoms with Crippen LogP contribution in [0.25, 0.3) is 0 Å². The van der Waals surface area contributed by atoms with Crippen molar-refractivity contribution in [3.63, 3.8) is 0 Å². The Hall–Kier alpha value is -1.99. The zero-order valence-corrected chi connectivity index (χ0v) is 16.3. The van der Waals surface area contributed by atoms with Crippen LogP contribution in [-0.4, -0.2) is 23.2 Å². The molecule has 0 spiro atoms. The average Bonchev–Trinajstić information content (AvgIpc) is 2.60. The Kier molecular flexibility index (Phi) is 7.33. The van der Waals surface area contributed by atoms with E-state index in [9.17, 15) is 9.59 Å². The molecular weight excluding hydrogens is 404 g/mol. The van der Waals surface area contributed by atoms with Crippen molar-refractivity contribution in [2.45, 2.75) is 30.1 Å². The first-order valence-electron chi connectivity index (χ1n) is 7.69. The molecule has 0 aromatic heterocycles. The van der Waals surface area contributed by atoms with Crippen LogP contribution < -0.4 is 15.6 Å². The highest BCUT2D eigenvalue weighted by Gasteiger charge is 2.18. The fraction of sp³-hybridized carbons (Fsp3) is 0.222. The molecular formula is C18H19BrN2O3S. The smallest absolute Gasteiger partial charge is 0.279 e. The number of hydrazine groups is 1. The van der Waals surface area contributed by atoms with Crippen molar-refractivity contribution in [2.24, 2.45) is 0 Å². The number of carbonyl (C=O) groups is 2. The van der Waals surface area contributed by atoms with Gasteiger partial charge in [0.15, 0.2) is 6.10 Å². The lowest BCUT2D eigenvalue weighted by atomic mass is 10.3. The molecule has 0 fully saturated rings. The van der Waals surface area contributed by atoms with Crippen LogP contribution in [0.5, 0.6) is 5.75 Å². The Balaban J connectivity index is 1.79. The summed E-state index contributed by atoms with van der Waals surface area (Å²) in [4.78, 5) is 25.1. The van der Waals surface area contributed by atoms with Gasteiger partial charge in [-0.05, 0) is 44.2 Å². The monoisotopic (exact) mass is 422 g/mol. The van der Waals surface area contributed by atoms with Crippen molar-refractivity contribution in [1.29, 1.82) is 0 Å². The molecule has 0 saturated carbocycles. The highest BCUT2D eigenvalue weighted by atomic mass is 79.9. The lowest BCUT2D eigenvalue weighted by Gasteiger charge is -2.17. The lowest BCUT2D eigenvalue weighted by Crippen LogP contribution is -2.49. The molecule has 2 rings (SSSR count). The average molecular weight is 423 g/mol. The van der Waals surface area contributed by atoms with Crippen LogP contribution >= 0.6 is 27.7 Å². The topological polar surface area (TPSA) is 67.4 Å². The second kappa shape index (κ2) is 9.48.